The Labute approximate surface area is 122 Å². The van der Waals surface area contributed by atoms with Gasteiger partial charge in [-0.15, -0.1) is 0 Å². The summed E-state index contributed by atoms with van der Waals surface area (Å²) < 4.78 is 22.5. The lowest BCUT2D eigenvalue weighted by molar-refractivity contribution is 0.598. The summed E-state index contributed by atoms with van der Waals surface area (Å²) in [6.07, 6.45) is 0. The van der Waals surface area contributed by atoms with Gasteiger partial charge in [0.05, 0.1) is 5.69 Å². The molecule has 2 aromatic rings. The summed E-state index contributed by atoms with van der Waals surface area (Å²) in [5, 5.41) is 8.79. The average molecular weight is 312 g/mol. The van der Waals surface area contributed by atoms with Gasteiger partial charge in [0.2, 0.25) is 10.0 Å². The fourth-order valence-electron chi connectivity index (χ4n) is 1.72. The standard InChI is InChI=1S/C13H14ClN3O2S/c1-8-2-3-9(6-11(8)14)17-10-4-5-13(12(15)7-10)20(16,18)19/h2-7,17H,15H2,1H3,(H2,16,18,19). The second-order valence-corrected chi connectivity index (χ2v) is 6.32. The van der Waals surface area contributed by atoms with Gasteiger partial charge in [-0.1, -0.05) is 17.7 Å². The lowest BCUT2D eigenvalue weighted by Gasteiger charge is -2.10. The minimum Gasteiger partial charge on any atom is -0.398 e. The Balaban J connectivity index is 2.31. The molecule has 0 atom stereocenters. The minimum absolute atomic E-state index is 0.0926. The highest BCUT2D eigenvalue weighted by Crippen LogP contribution is 2.26. The van der Waals surface area contributed by atoms with Crippen LogP contribution in [0.4, 0.5) is 17.1 Å². The molecule has 0 radical (unpaired) electrons. The third-order valence-electron chi connectivity index (χ3n) is 2.78. The molecule has 2 rings (SSSR count). The number of hydrogen-bond acceptors (Lipinski definition) is 4. The zero-order valence-electron chi connectivity index (χ0n) is 10.7. The summed E-state index contributed by atoms with van der Waals surface area (Å²) in [6.45, 7) is 1.91. The van der Waals surface area contributed by atoms with Crippen LogP contribution >= 0.6 is 11.6 Å². The van der Waals surface area contributed by atoms with Crippen LogP contribution in [0.5, 0.6) is 0 Å². The van der Waals surface area contributed by atoms with Gasteiger partial charge in [0.25, 0.3) is 0 Å². The molecule has 0 aliphatic heterocycles. The Morgan fingerprint density at radius 1 is 1.10 bits per heavy atom. The van der Waals surface area contributed by atoms with Crippen molar-refractivity contribution in [1.29, 1.82) is 0 Å². The van der Waals surface area contributed by atoms with Crippen LogP contribution in [-0.4, -0.2) is 8.42 Å². The zero-order valence-corrected chi connectivity index (χ0v) is 12.3. The summed E-state index contributed by atoms with van der Waals surface area (Å²) >= 11 is 6.04. The topological polar surface area (TPSA) is 98.2 Å². The first-order valence-corrected chi connectivity index (χ1v) is 7.65. The smallest absolute Gasteiger partial charge is 0.240 e. The Kier molecular flexibility index (Phi) is 3.89. The number of rotatable bonds is 3. The Morgan fingerprint density at radius 2 is 1.70 bits per heavy atom. The van der Waals surface area contributed by atoms with Gasteiger partial charge in [0.1, 0.15) is 4.90 Å². The number of halogens is 1. The van der Waals surface area contributed by atoms with E-state index in [0.29, 0.717) is 10.7 Å². The molecule has 0 fully saturated rings. The highest BCUT2D eigenvalue weighted by Gasteiger charge is 2.12. The number of aryl methyl sites for hydroxylation is 1. The Bertz CT molecular complexity index is 760. The maximum atomic E-state index is 11.3. The van der Waals surface area contributed by atoms with Gasteiger partial charge in [0, 0.05) is 16.4 Å². The first kappa shape index (κ1) is 14.6. The van der Waals surface area contributed by atoms with Crippen molar-refractivity contribution in [3.8, 4) is 0 Å². The van der Waals surface area contributed by atoms with Gasteiger partial charge in [-0.2, -0.15) is 0 Å². The van der Waals surface area contributed by atoms with E-state index >= 15 is 0 Å². The van der Waals surface area contributed by atoms with Gasteiger partial charge in [0.15, 0.2) is 0 Å². The van der Waals surface area contributed by atoms with Crippen molar-refractivity contribution in [3.05, 3.63) is 47.0 Å². The largest absolute Gasteiger partial charge is 0.398 e. The Hall–Kier alpha value is -1.76. The number of benzene rings is 2. The maximum Gasteiger partial charge on any atom is 0.240 e. The molecule has 0 aliphatic carbocycles. The van der Waals surface area contributed by atoms with E-state index in [9.17, 15) is 8.42 Å². The molecule has 0 bridgehead atoms. The summed E-state index contributed by atoms with van der Waals surface area (Å²) in [6, 6.07) is 9.98. The fourth-order valence-corrected chi connectivity index (χ4v) is 2.55. The normalized spacial score (nSPS) is 11.3. The molecule has 0 aliphatic rings. The molecule has 0 aromatic heterocycles. The van der Waals surface area contributed by atoms with Crippen molar-refractivity contribution in [2.75, 3.05) is 11.1 Å². The second kappa shape index (κ2) is 5.32. The number of nitrogen functional groups attached to an aromatic ring is 1. The van der Waals surface area contributed by atoms with Crippen LogP contribution in [0.3, 0.4) is 0 Å². The molecular formula is C13H14ClN3O2S. The predicted molar refractivity (Wildman–Crippen MR) is 81.7 cm³/mol. The monoisotopic (exact) mass is 311 g/mol. The highest BCUT2D eigenvalue weighted by molar-refractivity contribution is 7.89. The first-order chi connectivity index (χ1) is 9.27. The van der Waals surface area contributed by atoms with Gasteiger partial charge in [-0.25, -0.2) is 13.6 Å². The van der Waals surface area contributed by atoms with Crippen molar-refractivity contribution in [3.63, 3.8) is 0 Å². The van der Waals surface area contributed by atoms with Crippen molar-refractivity contribution >= 4 is 38.7 Å². The van der Waals surface area contributed by atoms with E-state index in [-0.39, 0.29) is 10.6 Å². The molecule has 106 valence electrons. The first-order valence-electron chi connectivity index (χ1n) is 5.73. The predicted octanol–water partition coefficient (Wildman–Crippen LogP) is 2.62. The van der Waals surface area contributed by atoms with E-state index in [0.717, 1.165) is 11.3 Å². The molecule has 0 saturated carbocycles. The van der Waals surface area contributed by atoms with E-state index in [1.165, 1.54) is 12.1 Å². The lowest BCUT2D eigenvalue weighted by atomic mass is 10.2. The molecule has 0 saturated heterocycles. The SMILES string of the molecule is Cc1ccc(Nc2ccc(S(N)(=O)=O)c(N)c2)cc1Cl. The summed E-state index contributed by atoms with van der Waals surface area (Å²) in [5.41, 5.74) is 8.19. The number of nitrogens with one attached hydrogen (secondary N) is 1. The van der Waals surface area contributed by atoms with E-state index in [1.54, 1.807) is 12.1 Å². The van der Waals surface area contributed by atoms with Crippen LogP contribution in [0.25, 0.3) is 0 Å². The maximum absolute atomic E-state index is 11.3. The van der Waals surface area contributed by atoms with Crippen LogP contribution in [0, 0.1) is 6.92 Å². The molecule has 7 heteroatoms. The third kappa shape index (κ3) is 3.22. The van der Waals surface area contributed by atoms with E-state index in [1.807, 2.05) is 19.1 Å². The summed E-state index contributed by atoms with van der Waals surface area (Å²) in [5.74, 6) is 0. The zero-order chi connectivity index (χ0) is 14.9. The van der Waals surface area contributed by atoms with Crippen molar-refractivity contribution < 1.29 is 8.42 Å². The van der Waals surface area contributed by atoms with E-state index in [2.05, 4.69) is 5.32 Å². The summed E-state index contributed by atoms with van der Waals surface area (Å²) in [7, 11) is -3.81. The third-order valence-corrected chi connectivity index (χ3v) is 4.17. The lowest BCUT2D eigenvalue weighted by Crippen LogP contribution is -2.14. The molecule has 5 N–H and O–H groups in total. The van der Waals surface area contributed by atoms with Crippen LogP contribution < -0.4 is 16.2 Å². The second-order valence-electron chi connectivity index (χ2n) is 4.39. The molecule has 0 amide bonds. The van der Waals surface area contributed by atoms with Crippen molar-refractivity contribution in [2.24, 2.45) is 5.14 Å². The van der Waals surface area contributed by atoms with Crippen molar-refractivity contribution in [1.82, 2.24) is 0 Å². The molecule has 5 nitrogen and oxygen atoms in total. The van der Waals surface area contributed by atoms with Crippen LogP contribution in [0.1, 0.15) is 5.56 Å². The van der Waals surface area contributed by atoms with Crippen LogP contribution in [-0.2, 0) is 10.0 Å². The average Bonchev–Trinajstić information content (AvgIpc) is 2.32. The minimum atomic E-state index is -3.81. The Morgan fingerprint density at radius 3 is 2.25 bits per heavy atom. The van der Waals surface area contributed by atoms with Gasteiger partial charge in [-0.05, 0) is 42.8 Å². The van der Waals surface area contributed by atoms with Crippen molar-refractivity contribution in [2.45, 2.75) is 11.8 Å². The van der Waals surface area contributed by atoms with Crippen LogP contribution in [0.15, 0.2) is 41.3 Å². The number of hydrogen-bond donors (Lipinski definition) is 3. The van der Waals surface area contributed by atoms with Gasteiger partial charge >= 0.3 is 0 Å². The molecule has 0 spiro atoms. The van der Waals surface area contributed by atoms with Gasteiger partial charge in [-0.3, -0.25) is 0 Å². The molecule has 2 aromatic carbocycles. The fraction of sp³-hybridized carbons (Fsp3) is 0.0769. The number of sulfonamides is 1. The summed E-state index contributed by atoms with van der Waals surface area (Å²) in [4.78, 5) is -0.0926. The quantitative estimate of drug-likeness (QED) is 0.759. The molecular weight excluding hydrogens is 298 g/mol. The highest BCUT2D eigenvalue weighted by atomic mass is 35.5. The van der Waals surface area contributed by atoms with E-state index in [4.69, 9.17) is 22.5 Å². The molecule has 0 unspecified atom stereocenters. The molecule has 20 heavy (non-hydrogen) atoms. The number of nitrogens with two attached hydrogens (primary N) is 2. The number of anilines is 3. The molecule has 0 heterocycles. The van der Waals surface area contributed by atoms with Gasteiger partial charge < -0.3 is 11.1 Å². The van der Waals surface area contributed by atoms with E-state index < -0.39 is 10.0 Å². The number of primary sulfonamides is 1. The van der Waals surface area contributed by atoms with Crippen LogP contribution in [0.2, 0.25) is 5.02 Å².